The molecule has 2 aromatic heterocycles. The van der Waals surface area contributed by atoms with Gasteiger partial charge in [-0.25, -0.2) is 0 Å². The topological polar surface area (TPSA) is 42.1 Å². The minimum atomic E-state index is 0. The summed E-state index contributed by atoms with van der Waals surface area (Å²) in [6.45, 7) is 10.8. The second kappa shape index (κ2) is 14.1. The molecule has 0 fully saturated rings. The molecule has 49 heavy (non-hydrogen) atoms. The third-order valence-electron chi connectivity index (χ3n) is 8.68. The zero-order chi connectivity index (χ0) is 33.4. The number of aryl methyl sites for hydroxylation is 5. The van der Waals surface area contributed by atoms with Gasteiger partial charge in [-0.05, 0) is 75.2 Å². The summed E-state index contributed by atoms with van der Waals surface area (Å²) in [4.78, 5) is 14.9. The molecule has 7 aromatic rings. The summed E-state index contributed by atoms with van der Waals surface area (Å²) in [6.07, 6.45) is 4.24. The van der Waals surface area contributed by atoms with Crippen molar-refractivity contribution in [3.8, 4) is 22.6 Å². The molecule has 0 aliphatic rings. The van der Waals surface area contributed by atoms with Crippen molar-refractivity contribution in [1.29, 1.82) is 0 Å². The Bertz CT molecular complexity index is 2120. The molecule has 5 aromatic carbocycles. The molecular weight excluding hydrogens is 784 g/mol. The predicted octanol–water partition coefficient (Wildman–Crippen LogP) is 10.1. The third kappa shape index (κ3) is 6.49. The maximum atomic E-state index is 5.42. The fraction of sp³-hybridized carbons (Fsp3) is 0.143. The molecule has 0 atom stereocenters. The summed E-state index contributed by atoms with van der Waals surface area (Å²) in [6, 6.07) is 44.0. The van der Waals surface area contributed by atoms with E-state index in [4.69, 9.17) is 9.97 Å². The van der Waals surface area contributed by atoms with Gasteiger partial charge in [0.2, 0.25) is 11.9 Å². The van der Waals surface area contributed by atoms with Gasteiger partial charge in [0, 0.05) is 18.4 Å². The Hall–Kier alpha value is -5.19. The van der Waals surface area contributed by atoms with Crippen molar-refractivity contribution in [3.05, 3.63) is 162 Å². The van der Waals surface area contributed by atoms with Crippen LogP contribution < -0.4 is 9.80 Å². The van der Waals surface area contributed by atoms with E-state index < -0.39 is 0 Å². The van der Waals surface area contributed by atoms with E-state index in [1.807, 2.05) is 67.7 Å². The number of rotatable bonds is 8. The number of hydrogen-bond donors (Lipinski definition) is 0. The van der Waals surface area contributed by atoms with Gasteiger partial charge in [-0.15, -0.1) is 42.0 Å². The molecule has 0 spiro atoms. The molecule has 7 heteroatoms. The minimum Gasteiger partial charge on any atom is -0.318 e. The van der Waals surface area contributed by atoms with Gasteiger partial charge in [0.25, 0.3) is 0 Å². The molecule has 0 saturated heterocycles. The molecule has 7 rings (SSSR count). The van der Waals surface area contributed by atoms with Gasteiger partial charge < -0.3 is 4.90 Å². The van der Waals surface area contributed by atoms with Gasteiger partial charge in [-0.2, -0.15) is 29.2 Å². The van der Waals surface area contributed by atoms with E-state index in [1.54, 1.807) is 0 Å². The van der Waals surface area contributed by atoms with Crippen LogP contribution in [0.15, 0.2) is 122 Å². The van der Waals surface area contributed by atoms with E-state index in [-0.39, 0.29) is 21.1 Å². The van der Waals surface area contributed by atoms with Crippen LogP contribution in [0, 0.1) is 46.8 Å². The van der Waals surface area contributed by atoms with Crippen molar-refractivity contribution in [3.63, 3.8) is 0 Å². The second-order valence-corrected chi connectivity index (χ2v) is 12.3. The van der Waals surface area contributed by atoms with Crippen LogP contribution in [0.1, 0.15) is 27.8 Å². The molecule has 0 bridgehead atoms. The van der Waals surface area contributed by atoms with E-state index in [0.29, 0.717) is 0 Å². The normalized spacial score (nSPS) is 10.9. The van der Waals surface area contributed by atoms with E-state index in [0.717, 1.165) is 62.8 Å². The van der Waals surface area contributed by atoms with Crippen LogP contribution in [0.2, 0.25) is 0 Å². The number of benzene rings is 5. The smallest absolute Gasteiger partial charge is 0.318 e. The van der Waals surface area contributed by atoms with Crippen LogP contribution in [-0.2, 0) is 21.1 Å². The first-order valence-electron chi connectivity index (χ1n) is 16.2. The first kappa shape index (κ1) is 33.7. The quantitative estimate of drug-likeness (QED) is 0.143. The van der Waals surface area contributed by atoms with Crippen LogP contribution in [0.3, 0.4) is 0 Å². The van der Waals surface area contributed by atoms with Crippen LogP contribution in [0.4, 0.5) is 29.1 Å². The van der Waals surface area contributed by atoms with Crippen molar-refractivity contribution >= 4 is 29.1 Å². The Morgan fingerprint density at radius 3 is 1.82 bits per heavy atom. The molecule has 246 valence electrons. The molecule has 6 nitrogen and oxygen atoms in total. The largest absolute Gasteiger partial charge is 2.00 e. The van der Waals surface area contributed by atoms with Gasteiger partial charge in [0.15, 0.2) is 5.82 Å². The van der Waals surface area contributed by atoms with Crippen molar-refractivity contribution in [1.82, 2.24) is 19.1 Å². The van der Waals surface area contributed by atoms with Crippen molar-refractivity contribution in [2.24, 2.45) is 0 Å². The summed E-state index contributed by atoms with van der Waals surface area (Å²) in [5.41, 5.74) is 11.7. The molecule has 0 N–H and O–H groups in total. The number of aromatic nitrogens is 4. The van der Waals surface area contributed by atoms with Crippen molar-refractivity contribution in [2.75, 3.05) is 16.8 Å². The van der Waals surface area contributed by atoms with Crippen LogP contribution >= 0.6 is 0 Å². The van der Waals surface area contributed by atoms with Crippen LogP contribution in [0.25, 0.3) is 22.6 Å². The average Bonchev–Trinajstić information content (AvgIpc) is 3.71. The molecule has 0 amide bonds. The fourth-order valence-corrected chi connectivity index (χ4v) is 6.64. The van der Waals surface area contributed by atoms with Gasteiger partial charge in [-0.1, -0.05) is 59.8 Å². The first-order chi connectivity index (χ1) is 23.3. The molecule has 2 heterocycles. The van der Waals surface area contributed by atoms with Crippen molar-refractivity contribution < 1.29 is 21.1 Å². The maximum Gasteiger partial charge on any atom is 2.00 e. The Kier molecular flexibility index (Phi) is 9.71. The number of para-hydroxylation sites is 3. The average molecular weight is 822 g/mol. The predicted molar refractivity (Wildman–Crippen MR) is 197 cm³/mol. The standard InChI is InChI=1S/C42H38N6.Pt/c1-29-25-32(4)40(33(5)26-29)47-28-38(48(35-21-12-8-13-22-35)36-23-14-9-15-24-36)44-42(47)45(6)41-43-37(34-19-10-7-11-20-34)27-46(41)39-30(2)17-16-18-31(39)3;/h7-19,21-23,25-28H,1-6H3;/q-2;+2. The van der Waals surface area contributed by atoms with E-state index in [2.05, 4.69) is 127 Å². The zero-order valence-corrected chi connectivity index (χ0v) is 30.8. The van der Waals surface area contributed by atoms with E-state index >= 15 is 0 Å². The van der Waals surface area contributed by atoms with Gasteiger partial charge in [-0.3, -0.25) is 19.0 Å². The number of anilines is 5. The maximum absolute atomic E-state index is 5.42. The third-order valence-corrected chi connectivity index (χ3v) is 8.68. The molecule has 0 aliphatic heterocycles. The molecule has 0 unspecified atom stereocenters. The molecule has 0 saturated carbocycles. The summed E-state index contributed by atoms with van der Waals surface area (Å²) < 4.78 is 4.39. The van der Waals surface area contributed by atoms with E-state index in [1.165, 1.54) is 16.7 Å². The van der Waals surface area contributed by atoms with E-state index in [9.17, 15) is 0 Å². The molecule has 0 aliphatic carbocycles. The Balaban J connectivity index is 0.00000417. The zero-order valence-electron chi connectivity index (χ0n) is 28.5. The van der Waals surface area contributed by atoms with Gasteiger partial charge in [0.05, 0.1) is 17.6 Å². The summed E-state index contributed by atoms with van der Waals surface area (Å²) in [7, 11) is 2.05. The number of nitrogens with zero attached hydrogens (tertiary/aromatic N) is 6. The summed E-state index contributed by atoms with van der Waals surface area (Å²) in [5, 5.41) is 0. The Morgan fingerprint density at radius 2 is 1.18 bits per heavy atom. The summed E-state index contributed by atoms with van der Waals surface area (Å²) >= 11 is 0. The Morgan fingerprint density at radius 1 is 0.592 bits per heavy atom. The van der Waals surface area contributed by atoms with Crippen LogP contribution in [0.5, 0.6) is 0 Å². The Labute approximate surface area is 303 Å². The summed E-state index contributed by atoms with van der Waals surface area (Å²) in [5.74, 6) is 2.25. The molecule has 0 radical (unpaired) electrons. The van der Waals surface area contributed by atoms with Gasteiger partial charge in [0.1, 0.15) is 0 Å². The SMILES string of the molecule is Cc1cc(C)c(-n2cc(N(c3[c-]cccc3)c3ccccc3)nc2N(C)c2nc(-c3[c-]cccc3)cn2-c2c(C)cccc2C)c(C)c1.[Pt+2]. The minimum absolute atomic E-state index is 0. The first-order valence-corrected chi connectivity index (χ1v) is 16.2. The van der Waals surface area contributed by atoms with Crippen molar-refractivity contribution in [2.45, 2.75) is 34.6 Å². The molecular formula is C42H38N6Pt. The number of imidazole rings is 2. The monoisotopic (exact) mass is 821 g/mol. The van der Waals surface area contributed by atoms with Gasteiger partial charge >= 0.3 is 21.1 Å². The van der Waals surface area contributed by atoms with Crippen LogP contribution in [-0.4, -0.2) is 26.1 Å². The fourth-order valence-electron chi connectivity index (χ4n) is 6.64. The second-order valence-electron chi connectivity index (χ2n) is 12.3. The number of hydrogen-bond acceptors (Lipinski definition) is 4.